The van der Waals surface area contributed by atoms with Gasteiger partial charge in [-0.2, -0.15) is 0 Å². The first-order valence-electron chi connectivity index (χ1n) is 7.33. The van der Waals surface area contributed by atoms with Gasteiger partial charge in [-0.15, -0.1) is 0 Å². The fraction of sp³-hybridized carbons (Fsp3) is 0.929. The minimum atomic E-state index is -0.211. The van der Waals surface area contributed by atoms with Crippen LogP contribution in [0.25, 0.3) is 0 Å². The number of hydrogen-bond acceptors (Lipinski definition) is 4. The average molecular weight is 272 g/mol. The van der Waals surface area contributed by atoms with Gasteiger partial charge in [0.15, 0.2) is 0 Å². The Morgan fingerprint density at radius 3 is 2.84 bits per heavy atom. The van der Waals surface area contributed by atoms with Crippen LogP contribution in [-0.2, 0) is 9.53 Å². The van der Waals surface area contributed by atoms with Crippen molar-refractivity contribution in [2.24, 2.45) is 5.92 Å². The summed E-state index contributed by atoms with van der Waals surface area (Å²) in [7, 11) is 1.65. The van der Waals surface area contributed by atoms with Crippen molar-refractivity contribution in [3.05, 3.63) is 0 Å². The zero-order chi connectivity index (χ0) is 14.1. The molecule has 0 heterocycles. The largest absolute Gasteiger partial charge is 0.393 e. The number of ether oxygens (including phenoxy) is 1. The molecular formula is C14H28N2O3. The van der Waals surface area contributed by atoms with Crippen molar-refractivity contribution in [2.75, 3.05) is 26.8 Å². The van der Waals surface area contributed by atoms with Crippen LogP contribution in [0.4, 0.5) is 0 Å². The fourth-order valence-electron chi connectivity index (χ4n) is 2.43. The maximum absolute atomic E-state index is 11.8. The molecule has 3 unspecified atom stereocenters. The number of amides is 1. The number of aliphatic hydroxyl groups excluding tert-OH is 1. The summed E-state index contributed by atoms with van der Waals surface area (Å²) in [6.45, 7) is 3.88. The van der Waals surface area contributed by atoms with Crippen LogP contribution >= 0.6 is 0 Å². The average Bonchev–Trinajstić information content (AvgIpc) is 2.42. The van der Waals surface area contributed by atoms with E-state index in [0.717, 1.165) is 25.7 Å². The first-order chi connectivity index (χ1) is 9.15. The number of rotatable bonds is 8. The lowest BCUT2D eigenvalue weighted by molar-refractivity contribution is -0.122. The van der Waals surface area contributed by atoms with Crippen LogP contribution in [-0.4, -0.2) is 50.0 Å². The quantitative estimate of drug-likeness (QED) is 0.568. The molecule has 1 fully saturated rings. The number of carbonyl (C=O) groups excluding carboxylic acids is 1. The summed E-state index contributed by atoms with van der Waals surface area (Å²) in [6, 6.07) is -0.211. The minimum absolute atomic E-state index is 0.0152. The summed E-state index contributed by atoms with van der Waals surface area (Å²) in [5, 5.41) is 16.0. The van der Waals surface area contributed by atoms with Crippen molar-refractivity contribution in [1.82, 2.24) is 10.6 Å². The third kappa shape index (κ3) is 6.36. The highest BCUT2D eigenvalue weighted by Gasteiger charge is 2.23. The summed E-state index contributed by atoms with van der Waals surface area (Å²) < 4.78 is 4.93. The second kappa shape index (κ2) is 9.28. The van der Waals surface area contributed by atoms with Crippen LogP contribution in [0, 0.1) is 5.92 Å². The van der Waals surface area contributed by atoms with E-state index in [4.69, 9.17) is 4.74 Å². The Balaban J connectivity index is 2.15. The topological polar surface area (TPSA) is 70.6 Å². The van der Waals surface area contributed by atoms with E-state index in [1.165, 1.54) is 6.42 Å². The van der Waals surface area contributed by atoms with Crippen LogP contribution in [0.2, 0.25) is 0 Å². The molecule has 0 bridgehead atoms. The van der Waals surface area contributed by atoms with Gasteiger partial charge in [-0.05, 0) is 32.1 Å². The normalized spacial score (nSPS) is 25.0. The lowest BCUT2D eigenvalue weighted by Crippen LogP contribution is -2.46. The third-order valence-electron chi connectivity index (χ3n) is 3.77. The molecule has 19 heavy (non-hydrogen) atoms. The Labute approximate surface area is 116 Å². The second-order valence-corrected chi connectivity index (χ2v) is 5.38. The van der Waals surface area contributed by atoms with Crippen LogP contribution in [0.3, 0.4) is 0 Å². The predicted octanol–water partition coefficient (Wildman–Crippen LogP) is 0.668. The van der Waals surface area contributed by atoms with Gasteiger partial charge in [0.05, 0.1) is 12.1 Å². The molecule has 0 radical (unpaired) electrons. The van der Waals surface area contributed by atoms with E-state index < -0.39 is 0 Å². The smallest absolute Gasteiger partial charge is 0.236 e. The molecule has 1 rings (SSSR count). The van der Waals surface area contributed by atoms with E-state index in [2.05, 4.69) is 10.6 Å². The van der Waals surface area contributed by atoms with Gasteiger partial charge < -0.3 is 20.5 Å². The van der Waals surface area contributed by atoms with Crippen LogP contribution in [0.5, 0.6) is 0 Å². The Hall–Kier alpha value is -0.650. The Morgan fingerprint density at radius 2 is 2.16 bits per heavy atom. The molecule has 1 aliphatic rings. The Kier molecular flexibility index (Phi) is 8.02. The van der Waals surface area contributed by atoms with Crippen molar-refractivity contribution in [2.45, 2.75) is 51.2 Å². The predicted molar refractivity (Wildman–Crippen MR) is 74.9 cm³/mol. The second-order valence-electron chi connectivity index (χ2n) is 5.38. The molecule has 5 nitrogen and oxygen atoms in total. The van der Waals surface area contributed by atoms with E-state index in [9.17, 15) is 9.90 Å². The lowest BCUT2D eigenvalue weighted by atomic mass is 9.86. The standard InChI is InChI=1S/C14H28N2O3/c1-11(14(18)15-8-5-9-19-2)16-10-12-6-3-4-7-13(12)17/h11-13,16-17H,3-10H2,1-2H3,(H,15,18). The van der Waals surface area contributed by atoms with Gasteiger partial charge >= 0.3 is 0 Å². The lowest BCUT2D eigenvalue weighted by Gasteiger charge is -2.28. The van der Waals surface area contributed by atoms with E-state index in [1.54, 1.807) is 7.11 Å². The van der Waals surface area contributed by atoms with Gasteiger partial charge in [0, 0.05) is 26.8 Å². The van der Waals surface area contributed by atoms with Crippen LogP contribution in [0.15, 0.2) is 0 Å². The number of carbonyl (C=O) groups is 1. The Bertz CT molecular complexity index is 261. The molecule has 0 saturated heterocycles. The van der Waals surface area contributed by atoms with E-state index in [1.807, 2.05) is 6.92 Å². The molecule has 3 N–H and O–H groups in total. The van der Waals surface area contributed by atoms with Crippen LogP contribution in [0.1, 0.15) is 39.0 Å². The van der Waals surface area contributed by atoms with Gasteiger partial charge in [0.1, 0.15) is 0 Å². The molecule has 0 aromatic heterocycles. The first-order valence-corrected chi connectivity index (χ1v) is 7.33. The maximum Gasteiger partial charge on any atom is 0.236 e. The molecule has 5 heteroatoms. The molecular weight excluding hydrogens is 244 g/mol. The van der Waals surface area contributed by atoms with Crippen molar-refractivity contribution in [3.8, 4) is 0 Å². The number of nitrogens with one attached hydrogen (secondary N) is 2. The van der Waals surface area contributed by atoms with Crippen molar-refractivity contribution in [3.63, 3.8) is 0 Å². The number of hydrogen-bond donors (Lipinski definition) is 3. The SMILES string of the molecule is COCCCNC(=O)C(C)NCC1CCCCC1O. The molecule has 0 aromatic carbocycles. The zero-order valence-corrected chi connectivity index (χ0v) is 12.2. The minimum Gasteiger partial charge on any atom is -0.393 e. The maximum atomic E-state index is 11.8. The van der Waals surface area contributed by atoms with E-state index in [-0.39, 0.29) is 24.0 Å². The summed E-state index contributed by atoms with van der Waals surface area (Å²) in [5.41, 5.74) is 0. The van der Waals surface area contributed by atoms with Gasteiger partial charge in [-0.1, -0.05) is 12.8 Å². The van der Waals surface area contributed by atoms with E-state index in [0.29, 0.717) is 19.7 Å². The van der Waals surface area contributed by atoms with Crippen molar-refractivity contribution in [1.29, 1.82) is 0 Å². The third-order valence-corrected chi connectivity index (χ3v) is 3.77. The summed E-state index contributed by atoms with van der Waals surface area (Å²) in [4.78, 5) is 11.8. The Morgan fingerprint density at radius 1 is 1.42 bits per heavy atom. The van der Waals surface area contributed by atoms with E-state index >= 15 is 0 Å². The van der Waals surface area contributed by atoms with Gasteiger partial charge in [-0.3, -0.25) is 4.79 Å². The van der Waals surface area contributed by atoms with Crippen molar-refractivity contribution >= 4 is 5.91 Å². The van der Waals surface area contributed by atoms with Crippen LogP contribution < -0.4 is 10.6 Å². The molecule has 0 spiro atoms. The highest BCUT2D eigenvalue weighted by molar-refractivity contribution is 5.81. The summed E-state index contributed by atoms with van der Waals surface area (Å²) >= 11 is 0. The molecule has 1 aliphatic carbocycles. The van der Waals surface area contributed by atoms with Crippen molar-refractivity contribution < 1.29 is 14.6 Å². The molecule has 3 atom stereocenters. The molecule has 1 amide bonds. The van der Waals surface area contributed by atoms with Gasteiger partial charge in [0.2, 0.25) is 5.91 Å². The molecule has 1 saturated carbocycles. The van der Waals surface area contributed by atoms with Gasteiger partial charge in [-0.25, -0.2) is 0 Å². The summed E-state index contributed by atoms with van der Waals surface area (Å²) in [5.74, 6) is 0.305. The zero-order valence-electron chi connectivity index (χ0n) is 12.2. The highest BCUT2D eigenvalue weighted by Crippen LogP contribution is 2.23. The number of methoxy groups -OCH3 is 1. The molecule has 0 aliphatic heterocycles. The molecule has 112 valence electrons. The number of aliphatic hydroxyl groups is 1. The monoisotopic (exact) mass is 272 g/mol. The highest BCUT2D eigenvalue weighted by atomic mass is 16.5. The first kappa shape index (κ1) is 16.4. The summed E-state index contributed by atoms with van der Waals surface area (Å²) in [6.07, 6.45) is 4.86. The fourth-order valence-corrected chi connectivity index (χ4v) is 2.43. The van der Waals surface area contributed by atoms with Gasteiger partial charge in [0.25, 0.3) is 0 Å². The molecule has 0 aromatic rings.